The minimum atomic E-state index is -0.817. The molecule has 3 rings (SSSR count). The molecule has 2 heterocycles. The van der Waals surface area contributed by atoms with Gasteiger partial charge in [-0.2, -0.15) is 5.10 Å². The van der Waals surface area contributed by atoms with Crippen LogP contribution in [0.5, 0.6) is 0 Å². The standard InChI is InChI=1S/C18H18ClN3O3S/c1-11-14-10-15(17(25)20-9-3-2-4-16(23)24)26-18(14)22(21-11)13-7-5-12(19)6-8-13/h5-8,10H,2-4,9H2,1H3,(H,20,25)(H,23,24). The van der Waals surface area contributed by atoms with Crippen LogP contribution in [0.25, 0.3) is 15.9 Å². The number of benzene rings is 1. The first-order chi connectivity index (χ1) is 12.5. The third kappa shape index (κ3) is 4.05. The summed E-state index contributed by atoms with van der Waals surface area (Å²) < 4.78 is 1.81. The number of aromatic nitrogens is 2. The number of unbranched alkanes of at least 4 members (excludes halogenated alkanes) is 1. The molecule has 0 aliphatic heterocycles. The van der Waals surface area contributed by atoms with Crippen molar-refractivity contribution >= 4 is 45.0 Å². The summed E-state index contributed by atoms with van der Waals surface area (Å²) in [6, 6.07) is 9.23. The van der Waals surface area contributed by atoms with E-state index in [1.165, 1.54) is 11.3 Å². The highest BCUT2D eigenvalue weighted by molar-refractivity contribution is 7.20. The van der Waals surface area contributed by atoms with Gasteiger partial charge in [0.1, 0.15) is 4.83 Å². The molecule has 0 aliphatic rings. The number of thiophene rings is 1. The second-order valence-corrected chi connectivity index (χ2v) is 7.38. The number of carbonyl (C=O) groups is 2. The second kappa shape index (κ2) is 7.88. The number of amides is 1. The molecule has 2 aromatic heterocycles. The summed E-state index contributed by atoms with van der Waals surface area (Å²) in [5.74, 6) is -0.966. The van der Waals surface area contributed by atoms with Crippen LogP contribution in [-0.2, 0) is 4.79 Å². The van der Waals surface area contributed by atoms with Gasteiger partial charge in [0.05, 0.1) is 16.3 Å². The minimum absolute atomic E-state index is 0.120. The molecule has 1 amide bonds. The van der Waals surface area contributed by atoms with Gasteiger partial charge in [-0.3, -0.25) is 9.59 Å². The zero-order valence-electron chi connectivity index (χ0n) is 14.2. The van der Waals surface area contributed by atoms with E-state index in [-0.39, 0.29) is 12.3 Å². The van der Waals surface area contributed by atoms with E-state index in [0.717, 1.165) is 21.6 Å². The molecule has 3 aromatic rings. The Hall–Kier alpha value is -2.38. The number of carboxylic acid groups (broad SMARTS) is 1. The van der Waals surface area contributed by atoms with Gasteiger partial charge in [0, 0.05) is 23.4 Å². The number of aliphatic carboxylic acids is 1. The summed E-state index contributed by atoms with van der Waals surface area (Å²) in [6.45, 7) is 2.37. The maximum absolute atomic E-state index is 12.3. The topological polar surface area (TPSA) is 84.2 Å². The number of aryl methyl sites for hydroxylation is 1. The Balaban J connectivity index is 1.74. The molecular formula is C18H18ClN3O3S. The van der Waals surface area contributed by atoms with Crippen LogP contribution in [0.15, 0.2) is 30.3 Å². The fraction of sp³-hybridized carbons (Fsp3) is 0.278. The molecule has 0 fully saturated rings. The van der Waals surface area contributed by atoms with E-state index in [1.54, 1.807) is 12.1 Å². The first kappa shape index (κ1) is 18.4. The van der Waals surface area contributed by atoms with E-state index < -0.39 is 5.97 Å². The molecule has 0 aliphatic carbocycles. The van der Waals surface area contributed by atoms with Crippen LogP contribution in [0.2, 0.25) is 5.02 Å². The lowest BCUT2D eigenvalue weighted by atomic mass is 10.2. The fourth-order valence-electron chi connectivity index (χ4n) is 2.61. The highest BCUT2D eigenvalue weighted by Crippen LogP contribution is 2.30. The molecule has 6 nitrogen and oxygen atoms in total. The minimum Gasteiger partial charge on any atom is -0.481 e. The van der Waals surface area contributed by atoms with E-state index in [1.807, 2.05) is 29.8 Å². The number of rotatable bonds is 7. The molecule has 0 atom stereocenters. The number of carboxylic acids is 1. The zero-order chi connectivity index (χ0) is 18.7. The number of carbonyl (C=O) groups excluding carboxylic acids is 1. The number of fused-ring (bicyclic) bond motifs is 1. The van der Waals surface area contributed by atoms with Gasteiger partial charge < -0.3 is 10.4 Å². The van der Waals surface area contributed by atoms with E-state index in [9.17, 15) is 9.59 Å². The van der Waals surface area contributed by atoms with E-state index >= 15 is 0 Å². The van der Waals surface area contributed by atoms with Gasteiger partial charge in [0.15, 0.2) is 0 Å². The first-order valence-electron chi connectivity index (χ1n) is 8.21. The summed E-state index contributed by atoms with van der Waals surface area (Å²) in [6.07, 6.45) is 1.31. The molecule has 0 saturated heterocycles. The second-order valence-electron chi connectivity index (χ2n) is 5.91. The van der Waals surface area contributed by atoms with Crippen molar-refractivity contribution in [2.45, 2.75) is 26.2 Å². The maximum Gasteiger partial charge on any atom is 0.303 e. The highest BCUT2D eigenvalue weighted by atomic mass is 35.5. The molecule has 1 aromatic carbocycles. The molecular weight excluding hydrogens is 374 g/mol. The van der Waals surface area contributed by atoms with Crippen molar-refractivity contribution in [2.24, 2.45) is 0 Å². The van der Waals surface area contributed by atoms with Crippen molar-refractivity contribution < 1.29 is 14.7 Å². The largest absolute Gasteiger partial charge is 0.481 e. The SMILES string of the molecule is Cc1nn(-c2ccc(Cl)cc2)c2sc(C(=O)NCCCCC(=O)O)cc12. The van der Waals surface area contributed by atoms with Gasteiger partial charge >= 0.3 is 5.97 Å². The molecule has 0 radical (unpaired) electrons. The van der Waals surface area contributed by atoms with Gasteiger partial charge in [-0.25, -0.2) is 4.68 Å². The predicted molar refractivity (Wildman–Crippen MR) is 103 cm³/mol. The van der Waals surface area contributed by atoms with E-state index in [2.05, 4.69) is 10.4 Å². The van der Waals surface area contributed by atoms with Crippen LogP contribution in [0.4, 0.5) is 0 Å². The molecule has 0 unspecified atom stereocenters. The third-order valence-electron chi connectivity index (χ3n) is 3.94. The molecule has 2 N–H and O–H groups in total. The Morgan fingerprint density at radius 3 is 2.69 bits per heavy atom. The lowest BCUT2D eigenvalue weighted by Gasteiger charge is -2.03. The number of hydrogen-bond acceptors (Lipinski definition) is 4. The van der Waals surface area contributed by atoms with Gasteiger partial charge in [-0.1, -0.05) is 11.6 Å². The normalized spacial score (nSPS) is 11.0. The molecule has 0 bridgehead atoms. The maximum atomic E-state index is 12.3. The Labute approximate surface area is 159 Å². The average molecular weight is 392 g/mol. The molecule has 8 heteroatoms. The zero-order valence-corrected chi connectivity index (χ0v) is 15.7. The third-order valence-corrected chi connectivity index (χ3v) is 5.30. The Morgan fingerprint density at radius 2 is 2.00 bits per heavy atom. The monoisotopic (exact) mass is 391 g/mol. The summed E-state index contributed by atoms with van der Waals surface area (Å²) in [5.41, 5.74) is 1.74. The quantitative estimate of drug-likeness (QED) is 0.595. The first-order valence-corrected chi connectivity index (χ1v) is 9.40. The summed E-state index contributed by atoms with van der Waals surface area (Å²) in [5, 5.41) is 17.6. The number of nitrogens with one attached hydrogen (secondary N) is 1. The van der Waals surface area contributed by atoms with Crippen molar-refractivity contribution in [1.82, 2.24) is 15.1 Å². The molecule has 0 spiro atoms. The summed E-state index contributed by atoms with van der Waals surface area (Å²) in [4.78, 5) is 24.4. The molecule has 136 valence electrons. The molecule has 26 heavy (non-hydrogen) atoms. The van der Waals surface area contributed by atoms with E-state index in [0.29, 0.717) is 29.3 Å². The van der Waals surface area contributed by atoms with E-state index in [4.69, 9.17) is 16.7 Å². The van der Waals surface area contributed by atoms with Gasteiger partial charge in [-0.15, -0.1) is 11.3 Å². The Kier molecular flexibility index (Phi) is 5.58. The predicted octanol–water partition coefficient (Wildman–Crippen LogP) is 4.03. The van der Waals surface area contributed by atoms with Crippen molar-refractivity contribution in [3.05, 3.63) is 45.9 Å². The molecule has 0 saturated carbocycles. The number of nitrogens with zero attached hydrogens (tertiary/aromatic N) is 2. The smallest absolute Gasteiger partial charge is 0.303 e. The van der Waals surface area contributed by atoms with Gasteiger partial charge in [0.2, 0.25) is 0 Å². The summed E-state index contributed by atoms with van der Waals surface area (Å²) >= 11 is 7.33. The van der Waals surface area contributed by atoms with Gasteiger partial charge in [0.25, 0.3) is 5.91 Å². The van der Waals surface area contributed by atoms with Gasteiger partial charge in [-0.05, 0) is 50.1 Å². The van der Waals surface area contributed by atoms with Crippen molar-refractivity contribution in [1.29, 1.82) is 0 Å². The van der Waals surface area contributed by atoms with Crippen LogP contribution in [-0.4, -0.2) is 33.3 Å². The number of hydrogen-bond donors (Lipinski definition) is 2. The van der Waals surface area contributed by atoms with Crippen molar-refractivity contribution in [3.63, 3.8) is 0 Å². The van der Waals surface area contributed by atoms with Crippen LogP contribution in [0.1, 0.15) is 34.6 Å². The summed E-state index contributed by atoms with van der Waals surface area (Å²) in [7, 11) is 0. The van der Waals surface area contributed by atoms with Crippen LogP contribution in [0, 0.1) is 6.92 Å². The highest BCUT2D eigenvalue weighted by Gasteiger charge is 2.17. The van der Waals surface area contributed by atoms with Crippen LogP contribution < -0.4 is 5.32 Å². The Bertz CT molecular complexity index is 947. The van der Waals surface area contributed by atoms with Crippen molar-refractivity contribution in [3.8, 4) is 5.69 Å². The average Bonchev–Trinajstić information content (AvgIpc) is 3.16. The van der Waals surface area contributed by atoms with Crippen molar-refractivity contribution in [2.75, 3.05) is 6.54 Å². The lowest BCUT2D eigenvalue weighted by molar-refractivity contribution is -0.137. The van der Waals surface area contributed by atoms with Crippen LogP contribution >= 0.6 is 22.9 Å². The Morgan fingerprint density at radius 1 is 1.27 bits per heavy atom. The number of halogens is 1. The van der Waals surface area contributed by atoms with Crippen LogP contribution in [0.3, 0.4) is 0 Å². The lowest BCUT2D eigenvalue weighted by Crippen LogP contribution is -2.23. The fourth-order valence-corrected chi connectivity index (χ4v) is 3.83.